The van der Waals surface area contributed by atoms with Gasteiger partial charge in [0.05, 0.1) is 46.7 Å². The molecule has 0 saturated carbocycles. The molecule has 2 aromatic carbocycles. The number of hydrogen-bond donors (Lipinski definition) is 6. The van der Waals surface area contributed by atoms with Crippen molar-refractivity contribution in [3.63, 3.8) is 0 Å². The van der Waals surface area contributed by atoms with Crippen LogP contribution in [0.5, 0.6) is 17.2 Å². The van der Waals surface area contributed by atoms with E-state index in [4.69, 9.17) is 18.9 Å². The molecule has 2 fully saturated rings. The summed E-state index contributed by atoms with van der Waals surface area (Å²) in [5, 5.41) is 67.6. The largest absolute Gasteiger partial charge is 0.507 e. The van der Waals surface area contributed by atoms with Crippen molar-refractivity contribution in [3.8, 4) is 17.2 Å². The van der Waals surface area contributed by atoms with Crippen LogP contribution in [0.3, 0.4) is 0 Å². The number of nitrogens with zero attached hydrogens (tertiary/aromatic N) is 2. The number of aliphatic hydroxyl groups is 3. The maximum absolute atomic E-state index is 13.8. The van der Waals surface area contributed by atoms with Gasteiger partial charge >= 0.3 is 0 Å². The van der Waals surface area contributed by atoms with E-state index >= 15 is 0 Å². The topological polar surface area (TPSA) is 199 Å². The highest BCUT2D eigenvalue weighted by molar-refractivity contribution is 6.31. The summed E-state index contributed by atoms with van der Waals surface area (Å²) in [5.74, 6) is -3.63. The molecule has 2 saturated heterocycles. The van der Waals surface area contributed by atoms with E-state index in [2.05, 4.69) is 0 Å². The van der Waals surface area contributed by atoms with E-state index in [0.29, 0.717) is 6.42 Å². The van der Waals surface area contributed by atoms with Gasteiger partial charge in [-0.3, -0.25) is 9.59 Å². The van der Waals surface area contributed by atoms with Crippen LogP contribution >= 0.6 is 0 Å². The van der Waals surface area contributed by atoms with Gasteiger partial charge in [0.2, 0.25) is 5.78 Å². The minimum Gasteiger partial charge on any atom is -0.507 e. The second-order valence-electron chi connectivity index (χ2n) is 14.5. The van der Waals surface area contributed by atoms with Gasteiger partial charge in [-0.2, -0.15) is 0 Å². The van der Waals surface area contributed by atoms with E-state index in [1.807, 2.05) is 44.9 Å². The van der Waals surface area contributed by atoms with Crippen LogP contribution in [0, 0.1) is 0 Å². The average Bonchev–Trinajstić information content (AvgIpc) is 3.04. The molecule has 2 aromatic rings. The fourth-order valence-corrected chi connectivity index (χ4v) is 8.14. The lowest BCUT2D eigenvalue weighted by Gasteiger charge is -2.49. The first-order valence-electron chi connectivity index (χ1n) is 17.1. The van der Waals surface area contributed by atoms with Gasteiger partial charge in [-0.1, -0.05) is 19.1 Å². The number of carbonyl (C=O) groups excluding carboxylic acids is 2. The maximum atomic E-state index is 13.8. The summed E-state index contributed by atoms with van der Waals surface area (Å²) in [6.45, 7) is 5.30. The van der Waals surface area contributed by atoms with E-state index in [1.165, 1.54) is 18.2 Å². The molecular weight excluding hydrogens is 652 g/mol. The number of ether oxygens (including phenoxy) is 4. The summed E-state index contributed by atoms with van der Waals surface area (Å²) < 4.78 is 25.4. The molecule has 4 aliphatic rings. The zero-order valence-electron chi connectivity index (χ0n) is 29.4. The summed E-state index contributed by atoms with van der Waals surface area (Å²) in [4.78, 5) is 31.3. The van der Waals surface area contributed by atoms with Gasteiger partial charge in [-0.05, 0) is 54.5 Å². The molecule has 274 valence electrons. The zero-order valence-corrected chi connectivity index (χ0v) is 29.4. The number of aliphatic hydroxyl groups excluding tert-OH is 2. The lowest BCUT2D eigenvalue weighted by molar-refractivity contribution is -0.314. The first-order chi connectivity index (χ1) is 23.5. The summed E-state index contributed by atoms with van der Waals surface area (Å²) >= 11 is 0. The predicted molar refractivity (Wildman–Crippen MR) is 177 cm³/mol. The molecule has 14 heteroatoms. The Hall–Kier alpha value is -3.18. The Bertz CT molecular complexity index is 1660. The van der Waals surface area contributed by atoms with E-state index in [9.17, 15) is 40.2 Å². The molecule has 2 heterocycles. The second kappa shape index (κ2) is 13.4. The van der Waals surface area contributed by atoms with Crippen molar-refractivity contribution in [2.45, 2.75) is 113 Å². The van der Waals surface area contributed by atoms with Crippen molar-refractivity contribution in [1.29, 1.82) is 0 Å². The van der Waals surface area contributed by atoms with Crippen molar-refractivity contribution in [3.05, 3.63) is 51.6 Å². The van der Waals surface area contributed by atoms with Crippen LogP contribution in [0.1, 0.15) is 102 Å². The number of benzene rings is 2. The van der Waals surface area contributed by atoms with Gasteiger partial charge in [-0.15, -0.1) is 0 Å². The molecule has 2 aliphatic carbocycles. The molecule has 14 nitrogen and oxygen atoms in total. The molecule has 0 aromatic heterocycles. The van der Waals surface area contributed by atoms with Gasteiger partial charge < -0.3 is 59.4 Å². The number of hydrogen-bond acceptors (Lipinski definition) is 14. The number of likely N-dealkylation sites (N-methyl/N-ethyl adjacent to an activating group) is 2. The highest BCUT2D eigenvalue weighted by Gasteiger charge is 2.53. The Morgan fingerprint density at radius 2 is 1.40 bits per heavy atom. The van der Waals surface area contributed by atoms with Crippen molar-refractivity contribution < 1.29 is 59.2 Å². The lowest BCUT2D eigenvalue weighted by atomic mass is 9.70. The Balaban J connectivity index is 1.34. The predicted octanol–water partition coefficient (Wildman–Crippen LogP) is 2.09. The standard InChI is InChI=1S/C36H48N2O12/c1-8-36(46)14-21(40)25-28(33(45)26-27(32(25)44)31(43)24-17(30(26)42)10-9-11-20(24)39)35(36)50-23-13-19(38(6)7)34(16(3)48-23)49-22-12-18(37(4)5)29(41)15(2)47-22/h9-11,15-16,18-19,21-23,29,34-35,39-41,44-46H,8,12-14H2,1-7H3/t15?,16?,18?,19?,21-,22?,23?,29?,34?,35+,36+/m0/s1. The molecule has 0 radical (unpaired) electrons. The molecular formula is C36H48N2O12. The van der Waals surface area contributed by atoms with Crippen LogP contribution in [0.25, 0.3) is 0 Å². The van der Waals surface area contributed by atoms with Crippen molar-refractivity contribution in [1.82, 2.24) is 9.80 Å². The first kappa shape index (κ1) is 36.6. The van der Waals surface area contributed by atoms with Gasteiger partial charge in [0.1, 0.15) is 29.5 Å². The lowest BCUT2D eigenvalue weighted by Crippen LogP contribution is -2.59. The van der Waals surface area contributed by atoms with Gasteiger partial charge in [-0.25, -0.2) is 0 Å². The molecule has 2 aliphatic heterocycles. The molecule has 0 bridgehead atoms. The summed E-state index contributed by atoms with van der Waals surface area (Å²) in [6.07, 6.45) is -6.35. The fourth-order valence-electron chi connectivity index (χ4n) is 8.14. The Kier molecular flexibility index (Phi) is 9.82. The quantitative estimate of drug-likeness (QED) is 0.196. The third-order valence-corrected chi connectivity index (χ3v) is 11.0. The summed E-state index contributed by atoms with van der Waals surface area (Å²) in [6, 6.07) is 3.49. The molecule has 6 rings (SSSR count). The molecule has 11 atom stereocenters. The second-order valence-corrected chi connectivity index (χ2v) is 14.5. The number of rotatable bonds is 7. The van der Waals surface area contributed by atoms with Crippen molar-refractivity contribution in [2.24, 2.45) is 0 Å². The normalized spacial score (nSPS) is 35.6. The molecule has 50 heavy (non-hydrogen) atoms. The average molecular weight is 701 g/mol. The highest BCUT2D eigenvalue weighted by Crippen LogP contribution is 2.56. The van der Waals surface area contributed by atoms with Crippen LogP contribution in [-0.2, 0) is 18.9 Å². The third kappa shape index (κ3) is 5.90. The highest BCUT2D eigenvalue weighted by atomic mass is 16.7. The number of phenols is 3. The van der Waals surface area contributed by atoms with E-state index < -0.39 is 94.7 Å². The SMILES string of the molecule is CC[C@@]1(O)C[C@H](O)c2c(O)c3c(c(O)c2[C@H]1OC1CC(N(C)C)C(OC2CC(N(C)C)C(O)C(C)O2)C(C)O1)C(=O)c1cccc(O)c1C3=O. The van der Waals surface area contributed by atoms with E-state index in [-0.39, 0.29) is 53.6 Å². The number of ketones is 2. The Morgan fingerprint density at radius 1 is 0.820 bits per heavy atom. The van der Waals surface area contributed by atoms with E-state index in [1.54, 1.807) is 13.8 Å². The molecule has 6 N–H and O–H groups in total. The Morgan fingerprint density at radius 3 is 2.04 bits per heavy atom. The summed E-state index contributed by atoms with van der Waals surface area (Å²) in [5.41, 5.74) is -3.79. The zero-order chi connectivity index (χ0) is 36.6. The first-order valence-corrected chi connectivity index (χ1v) is 17.1. The van der Waals surface area contributed by atoms with Crippen LogP contribution in [0.4, 0.5) is 0 Å². The van der Waals surface area contributed by atoms with Crippen molar-refractivity contribution in [2.75, 3.05) is 28.2 Å². The third-order valence-electron chi connectivity index (χ3n) is 11.0. The number of aromatic hydroxyl groups is 3. The van der Waals surface area contributed by atoms with Crippen LogP contribution in [0.15, 0.2) is 18.2 Å². The van der Waals surface area contributed by atoms with Crippen LogP contribution in [0.2, 0.25) is 0 Å². The van der Waals surface area contributed by atoms with E-state index in [0.717, 1.165) is 0 Å². The molecule has 8 unspecified atom stereocenters. The minimum atomic E-state index is -1.79. The van der Waals surface area contributed by atoms with Crippen molar-refractivity contribution >= 4 is 11.6 Å². The molecule has 0 spiro atoms. The monoisotopic (exact) mass is 700 g/mol. The Labute approximate surface area is 290 Å². The number of carbonyl (C=O) groups is 2. The van der Waals surface area contributed by atoms with Gasteiger partial charge in [0.25, 0.3) is 0 Å². The molecule has 0 amide bonds. The van der Waals surface area contributed by atoms with Gasteiger partial charge in [0.15, 0.2) is 18.4 Å². The van der Waals surface area contributed by atoms with Gasteiger partial charge in [0, 0.05) is 48.0 Å². The van der Waals surface area contributed by atoms with Crippen LogP contribution < -0.4 is 0 Å². The number of fused-ring (bicyclic) bond motifs is 3. The summed E-state index contributed by atoms with van der Waals surface area (Å²) in [7, 11) is 7.56. The smallest absolute Gasteiger partial charge is 0.202 e. The number of phenolic OH excluding ortho intramolecular Hbond substituents is 3. The minimum absolute atomic E-state index is 0.0518. The fraction of sp³-hybridized carbons (Fsp3) is 0.611. The maximum Gasteiger partial charge on any atom is 0.202 e. The van der Waals surface area contributed by atoms with Crippen LogP contribution in [-0.4, -0.2) is 135 Å².